The normalized spacial score (nSPS) is 13.5. The van der Waals surface area contributed by atoms with Crippen LogP contribution < -0.4 is 5.32 Å². The summed E-state index contributed by atoms with van der Waals surface area (Å²) < 4.78 is 14.8. The Hall–Kier alpha value is -3.00. The summed E-state index contributed by atoms with van der Waals surface area (Å²) in [6.07, 6.45) is 2.63. The van der Waals surface area contributed by atoms with Gasteiger partial charge < -0.3 is 15.5 Å². The first-order valence-electron chi connectivity index (χ1n) is 8.21. The third kappa shape index (κ3) is 3.65. The van der Waals surface area contributed by atoms with Crippen molar-refractivity contribution in [3.05, 3.63) is 65.4 Å². The summed E-state index contributed by atoms with van der Waals surface area (Å²) in [6.45, 7) is 1.78. The molecule has 0 aliphatic heterocycles. The molecule has 0 radical (unpaired) electrons. The van der Waals surface area contributed by atoms with Crippen LogP contribution in [0.3, 0.4) is 0 Å². The van der Waals surface area contributed by atoms with Gasteiger partial charge in [0.2, 0.25) is 0 Å². The van der Waals surface area contributed by atoms with Crippen molar-refractivity contribution >= 4 is 11.7 Å². The molecule has 8 heteroatoms. The molecule has 26 heavy (non-hydrogen) atoms. The van der Waals surface area contributed by atoms with Crippen molar-refractivity contribution in [1.82, 2.24) is 19.9 Å². The summed E-state index contributed by atoms with van der Waals surface area (Å²) in [6, 6.07) is 7.08. The maximum atomic E-state index is 13.2. The quantitative estimate of drug-likeness (QED) is 0.629. The third-order valence-corrected chi connectivity index (χ3v) is 4.32. The number of aromatic nitrogens is 3. The SMILES string of the molecule is CCC(c1ccc(F)cc1)C(NC(=O)O)c1cn2ncc(CO)cc2n1. The Kier molecular flexibility index (Phi) is 5.13. The van der Waals surface area contributed by atoms with E-state index in [2.05, 4.69) is 15.4 Å². The number of aliphatic hydroxyl groups is 1. The van der Waals surface area contributed by atoms with Crippen LogP contribution in [0.25, 0.3) is 5.65 Å². The number of carbonyl (C=O) groups is 1. The molecule has 0 saturated heterocycles. The molecule has 0 saturated carbocycles. The van der Waals surface area contributed by atoms with Crippen LogP contribution in [0.4, 0.5) is 9.18 Å². The number of nitrogens with zero attached hydrogens (tertiary/aromatic N) is 3. The fraction of sp³-hybridized carbons (Fsp3) is 0.278. The molecule has 3 aromatic rings. The van der Waals surface area contributed by atoms with E-state index in [0.29, 0.717) is 23.3 Å². The van der Waals surface area contributed by atoms with Crippen LogP contribution in [0.15, 0.2) is 42.7 Å². The summed E-state index contributed by atoms with van der Waals surface area (Å²) in [5.74, 6) is -0.575. The smallest absolute Gasteiger partial charge is 0.405 e. The zero-order valence-corrected chi connectivity index (χ0v) is 14.1. The van der Waals surface area contributed by atoms with E-state index in [4.69, 9.17) is 0 Å². The Bertz CT molecular complexity index is 910. The third-order valence-electron chi connectivity index (χ3n) is 4.32. The second kappa shape index (κ2) is 7.49. The zero-order valence-electron chi connectivity index (χ0n) is 14.1. The molecule has 2 unspecified atom stereocenters. The first-order valence-corrected chi connectivity index (χ1v) is 8.21. The molecular formula is C18H19FN4O3. The predicted molar refractivity (Wildman–Crippen MR) is 92.2 cm³/mol. The summed E-state index contributed by atoms with van der Waals surface area (Å²) in [4.78, 5) is 15.8. The lowest BCUT2D eigenvalue weighted by Crippen LogP contribution is -2.31. The minimum absolute atomic E-state index is 0.157. The van der Waals surface area contributed by atoms with E-state index in [1.165, 1.54) is 22.8 Å². The minimum Gasteiger partial charge on any atom is -0.465 e. The van der Waals surface area contributed by atoms with Crippen LogP contribution in [-0.2, 0) is 6.61 Å². The summed E-state index contributed by atoms with van der Waals surface area (Å²) in [7, 11) is 0. The first-order chi connectivity index (χ1) is 12.5. The molecule has 0 bridgehead atoms. The molecule has 136 valence electrons. The predicted octanol–water partition coefficient (Wildman–Crippen LogP) is 2.86. The van der Waals surface area contributed by atoms with Gasteiger partial charge >= 0.3 is 6.09 Å². The van der Waals surface area contributed by atoms with Crippen LogP contribution >= 0.6 is 0 Å². The molecule has 2 heterocycles. The molecule has 1 amide bonds. The van der Waals surface area contributed by atoms with Crippen molar-refractivity contribution in [2.75, 3.05) is 0 Å². The van der Waals surface area contributed by atoms with Gasteiger partial charge in [-0.3, -0.25) is 0 Å². The monoisotopic (exact) mass is 358 g/mol. The molecule has 0 aliphatic carbocycles. The van der Waals surface area contributed by atoms with Crippen molar-refractivity contribution in [3.63, 3.8) is 0 Å². The fourth-order valence-electron chi connectivity index (χ4n) is 3.06. The van der Waals surface area contributed by atoms with E-state index in [1.54, 1.807) is 24.4 Å². The molecule has 0 spiro atoms. The first kappa shape index (κ1) is 17.8. The molecule has 0 aliphatic rings. The van der Waals surface area contributed by atoms with Crippen LogP contribution in [0.5, 0.6) is 0 Å². The number of nitrogens with one attached hydrogen (secondary N) is 1. The Labute approximate surface area is 149 Å². The second-order valence-corrected chi connectivity index (χ2v) is 5.98. The number of hydrogen-bond donors (Lipinski definition) is 3. The Morgan fingerprint density at radius 2 is 2.08 bits per heavy atom. The number of amides is 1. The van der Waals surface area contributed by atoms with Crippen molar-refractivity contribution in [1.29, 1.82) is 0 Å². The number of fused-ring (bicyclic) bond motifs is 1. The van der Waals surface area contributed by atoms with Gasteiger partial charge in [-0.1, -0.05) is 19.1 Å². The lowest BCUT2D eigenvalue weighted by Gasteiger charge is -2.25. The summed E-state index contributed by atoms with van der Waals surface area (Å²) in [5.41, 5.74) is 2.44. The average Bonchev–Trinajstić information content (AvgIpc) is 3.05. The number of aliphatic hydroxyl groups excluding tert-OH is 1. The highest BCUT2D eigenvalue weighted by molar-refractivity contribution is 5.65. The van der Waals surface area contributed by atoms with Crippen molar-refractivity contribution < 1.29 is 19.4 Å². The molecule has 7 nitrogen and oxygen atoms in total. The van der Waals surface area contributed by atoms with Crippen molar-refractivity contribution in [2.24, 2.45) is 0 Å². The summed E-state index contributed by atoms with van der Waals surface area (Å²) in [5, 5.41) is 25.2. The summed E-state index contributed by atoms with van der Waals surface area (Å²) >= 11 is 0. The highest BCUT2D eigenvalue weighted by atomic mass is 19.1. The zero-order chi connectivity index (χ0) is 18.7. The largest absolute Gasteiger partial charge is 0.465 e. The van der Waals surface area contributed by atoms with E-state index < -0.39 is 12.1 Å². The van der Waals surface area contributed by atoms with Crippen molar-refractivity contribution in [3.8, 4) is 0 Å². The lowest BCUT2D eigenvalue weighted by molar-refractivity contribution is 0.187. The van der Waals surface area contributed by atoms with E-state index in [1.807, 2.05) is 6.92 Å². The van der Waals surface area contributed by atoms with E-state index in [9.17, 15) is 19.4 Å². The maximum Gasteiger partial charge on any atom is 0.405 e. The van der Waals surface area contributed by atoms with Gasteiger partial charge in [-0.05, 0) is 30.2 Å². The van der Waals surface area contributed by atoms with Gasteiger partial charge in [0.1, 0.15) is 5.82 Å². The van der Waals surface area contributed by atoms with E-state index in [-0.39, 0.29) is 18.3 Å². The van der Waals surface area contributed by atoms with Gasteiger partial charge in [0.05, 0.1) is 30.7 Å². The number of halogens is 1. The lowest BCUT2D eigenvalue weighted by atomic mass is 9.87. The van der Waals surface area contributed by atoms with Crippen LogP contribution in [0, 0.1) is 5.82 Å². The highest BCUT2D eigenvalue weighted by Gasteiger charge is 2.27. The molecule has 1 aromatic carbocycles. The average molecular weight is 358 g/mol. The number of imidazole rings is 1. The number of rotatable bonds is 6. The Balaban J connectivity index is 2.03. The highest BCUT2D eigenvalue weighted by Crippen LogP contribution is 2.33. The number of hydrogen-bond acceptors (Lipinski definition) is 4. The number of carboxylic acid groups (broad SMARTS) is 1. The second-order valence-electron chi connectivity index (χ2n) is 5.98. The van der Waals surface area contributed by atoms with Gasteiger partial charge in [-0.25, -0.2) is 18.7 Å². The standard InChI is InChI=1S/C18H19FN4O3/c1-2-14(12-3-5-13(19)6-4-12)17(22-18(25)26)15-9-23-16(21-15)7-11(10-24)8-20-23/h3-9,14,17,22,24H,2,10H2,1H3,(H,25,26). The maximum absolute atomic E-state index is 13.2. The molecule has 3 rings (SSSR count). The van der Waals surface area contributed by atoms with Gasteiger partial charge in [0.15, 0.2) is 5.65 Å². The minimum atomic E-state index is -1.17. The van der Waals surface area contributed by atoms with Gasteiger partial charge in [0.25, 0.3) is 0 Å². The molecule has 2 aromatic heterocycles. The Morgan fingerprint density at radius 1 is 1.35 bits per heavy atom. The molecule has 2 atom stereocenters. The molecule has 3 N–H and O–H groups in total. The topological polar surface area (TPSA) is 99.8 Å². The number of benzene rings is 1. The Morgan fingerprint density at radius 3 is 2.69 bits per heavy atom. The molecule has 0 fully saturated rings. The van der Waals surface area contributed by atoms with Gasteiger partial charge in [-0.15, -0.1) is 0 Å². The molecular weight excluding hydrogens is 339 g/mol. The van der Waals surface area contributed by atoms with E-state index in [0.717, 1.165) is 5.56 Å². The van der Waals surface area contributed by atoms with Crippen LogP contribution in [0.1, 0.15) is 42.1 Å². The van der Waals surface area contributed by atoms with E-state index >= 15 is 0 Å². The fourth-order valence-corrected chi connectivity index (χ4v) is 3.06. The van der Waals surface area contributed by atoms with Crippen LogP contribution in [0.2, 0.25) is 0 Å². The van der Waals surface area contributed by atoms with Gasteiger partial charge in [0, 0.05) is 11.5 Å². The van der Waals surface area contributed by atoms with Crippen molar-refractivity contribution in [2.45, 2.75) is 31.9 Å². The van der Waals surface area contributed by atoms with Crippen LogP contribution in [-0.4, -0.2) is 30.9 Å². The van der Waals surface area contributed by atoms with Gasteiger partial charge in [-0.2, -0.15) is 5.10 Å².